The molecule has 1 aliphatic rings. The Kier molecular flexibility index (Phi) is 4.39. The van der Waals surface area contributed by atoms with Crippen LogP contribution in [0.5, 0.6) is 0 Å². The van der Waals surface area contributed by atoms with Gasteiger partial charge in [-0.25, -0.2) is 4.98 Å². The third kappa shape index (κ3) is 3.10. The van der Waals surface area contributed by atoms with Crippen LogP contribution in [0, 0.1) is 0 Å². The van der Waals surface area contributed by atoms with Crippen LogP contribution in [0.1, 0.15) is 36.4 Å². The van der Waals surface area contributed by atoms with E-state index in [4.69, 9.17) is 0 Å². The Hall–Kier alpha value is -3.41. The second-order valence-corrected chi connectivity index (χ2v) is 7.53. The standard InChI is InChI=1S/C23H22N4O2/c28-21(25-18-9-3-7-16-6-1-2-8-17(16)18)12-15-27-22-19(10-4-13-24-22)26-14-5-11-20(26)23(27)29/h1-2,4-6,8,10-11,13-14,18H,3,7,9,12,15H2,(H,25,28)/t18-/m0/s1. The number of hydrogen-bond donors (Lipinski definition) is 1. The zero-order valence-corrected chi connectivity index (χ0v) is 16.0. The molecule has 5 rings (SSSR count). The van der Waals surface area contributed by atoms with Crippen LogP contribution in [0.3, 0.4) is 0 Å². The van der Waals surface area contributed by atoms with Crippen molar-refractivity contribution in [2.24, 2.45) is 0 Å². The van der Waals surface area contributed by atoms with E-state index in [1.54, 1.807) is 16.8 Å². The lowest BCUT2D eigenvalue weighted by atomic mass is 9.88. The lowest BCUT2D eigenvalue weighted by molar-refractivity contribution is -0.122. The molecule has 1 amide bonds. The smallest absolute Gasteiger partial charge is 0.276 e. The molecular weight excluding hydrogens is 364 g/mol. The van der Waals surface area contributed by atoms with E-state index in [0.29, 0.717) is 17.7 Å². The van der Waals surface area contributed by atoms with Crippen molar-refractivity contribution in [3.8, 4) is 0 Å². The van der Waals surface area contributed by atoms with E-state index in [1.165, 1.54) is 11.1 Å². The van der Waals surface area contributed by atoms with Gasteiger partial charge in [-0.3, -0.25) is 14.2 Å². The van der Waals surface area contributed by atoms with Gasteiger partial charge < -0.3 is 9.72 Å². The number of pyridine rings is 1. The molecule has 0 radical (unpaired) electrons. The van der Waals surface area contributed by atoms with E-state index >= 15 is 0 Å². The first-order valence-corrected chi connectivity index (χ1v) is 10.0. The van der Waals surface area contributed by atoms with E-state index in [1.807, 2.05) is 40.9 Å². The molecule has 0 aliphatic heterocycles. The van der Waals surface area contributed by atoms with Crippen molar-refractivity contribution in [2.75, 3.05) is 0 Å². The molecule has 0 spiro atoms. The molecule has 4 aromatic rings. The van der Waals surface area contributed by atoms with Crippen molar-refractivity contribution in [2.45, 2.75) is 38.3 Å². The molecule has 6 heteroatoms. The number of rotatable bonds is 4. The number of aromatic nitrogens is 3. The van der Waals surface area contributed by atoms with Crippen LogP contribution in [0.25, 0.3) is 16.7 Å². The van der Waals surface area contributed by atoms with Crippen molar-refractivity contribution in [3.63, 3.8) is 0 Å². The van der Waals surface area contributed by atoms with Crippen molar-refractivity contribution in [3.05, 3.63) is 82.4 Å². The minimum absolute atomic E-state index is 0.0436. The molecule has 0 unspecified atom stereocenters. The van der Waals surface area contributed by atoms with Crippen LogP contribution in [0.15, 0.2) is 65.7 Å². The first-order chi connectivity index (χ1) is 14.2. The fourth-order valence-electron chi connectivity index (χ4n) is 4.38. The summed E-state index contributed by atoms with van der Waals surface area (Å²) < 4.78 is 3.46. The van der Waals surface area contributed by atoms with Gasteiger partial charge in [-0.05, 0) is 54.7 Å². The summed E-state index contributed by atoms with van der Waals surface area (Å²) in [6.07, 6.45) is 6.85. The van der Waals surface area contributed by atoms with Gasteiger partial charge in [0.25, 0.3) is 5.56 Å². The molecule has 0 saturated heterocycles. The minimum Gasteiger partial charge on any atom is -0.349 e. The molecule has 0 bridgehead atoms. The number of carbonyl (C=O) groups is 1. The highest BCUT2D eigenvalue weighted by molar-refractivity contribution is 5.78. The molecule has 1 atom stereocenters. The third-order valence-electron chi connectivity index (χ3n) is 5.76. The molecule has 6 nitrogen and oxygen atoms in total. The summed E-state index contributed by atoms with van der Waals surface area (Å²) in [7, 11) is 0. The predicted molar refractivity (Wildman–Crippen MR) is 112 cm³/mol. The fraction of sp³-hybridized carbons (Fsp3) is 0.261. The van der Waals surface area contributed by atoms with Crippen LogP contribution in [0.2, 0.25) is 0 Å². The van der Waals surface area contributed by atoms with Gasteiger partial charge in [-0.2, -0.15) is 0 Å². The largest absolute Gasteiger partial charge is 0.349 e. The Morgan fingerprint density at radius 2 is 1.97 bits per heavy atom. The Morgan fingerprint density at radius 1 is 1.10 bits per heavy atom. The van der Waals surface area contributed by atoms with Gasteiger partial charge in [-0.1, -0.05) is 24.3 Å². The molecule has 0 fully saturated rings. The first-order valence-electron chi connectivity index (χ1n) is 10.0. The Balaban J connectivity index is 1.39. The number of fused-ring (bicyclic) bond motifs is 4. The second-order valence-electron chi connectivity index (χ2n) is 7.53. The van der Waals surface area contributed by atoms with Gasteiger partial charge in [-0.15, -0.1) is 0 Å². The number of carbonyl (C=O) groups excluding carboxylic acids is 1. The number of hydrogen-bond acceptors (Lipinski definition) is 3. The normalized spacial score (nSPS) is 16.1. The van der Waals surface area contributed by atoms with Crippen molar-refractivity contribution >= 4 is 22.6 Å². The third-order valence-corrected chi connectivity index (χ3v) is 5.76. The lowest BCUT2D eigenvalue weighted by Crippen LogP contribution is -2.33. The molecule has 1 aliphatic carbocycles. The summed E-state index contributed by atoms with van der Waals surface area (Å²) >= 11 is 0. The van der Waals surface area contributed by atoms with Gasteiger partial charge in [0.15, 0.2) is 5.65 Å². The van der Waals surface area contributed by atoms with Crippen molar-refractivity contribution in [1.82, 2.24) is 19.3 Å². The summed E-state index contributed by atoms with van der Waals surface area (Å²) in [5.41, 5.74) is 4.44. The zero-order chi connectivity index (χ0) is 19.8. The van der Waals surface area contributed by atoms with Gasteiger partial charge in [0.2, 0.25) is 5.91 Å². The maximum atomic E-state index is 12.9. The van der Waals surface area contributed by atoms with Gasteiger partial charge in [0.1, 0.15) is 5.52 Å². The quantitative estimate of drug-likeness (QED) is 0.585. The maximum Gasteiger partial charge on any atom is 0.276 e. The number of amides is 1. The summed E-state index contributed by atoms with van der Waals surface area (Å²) in [4.78, 5) is 30.0. The van der Waals surface area contributed by atoms with Gasteiger partial charge >= 0.3 is 0 Å². The van der Waals surface area contributed by atoms with Crippen LogP contribution in [-0.2, 0) is 17.8 Å². The summed E-state index contributed by atoms with van der Waals surface area (Å²) in [5, 5.41) is 3.17. The van der Waals surface area contributed by atoms with Crippen LogP contribution in [-0.4, -0.2) is 19.9 Å². The fourth-order valence-corrected chi connectivity index (χ4v) is 4.38. The van der Waals surface area contributed by atoms with Crippen molar-refractivity contribution < 1.29 is 4.79 Å². The molecular formula is C23H22N4O2. The SMILES string of the molecule is O=C(CCn1c(=O)c2cccn2c2cccnc21)N[C@H]1CCCc2ccccc21. The molecule has 3 aromatic heterocycles. The minimum atomic E-state index is -0.128. The highest BCUT2D eigenvalue weighted by Crippen LogP contribution is 2.29. The summed E-state index contributed by atoms with van der Waals surface area (Å²) in [6, 6.07) is 15.8. The molecule has 0 saturated carbocycles. The van der Waals surface area contributed by atoms with E-state index in [2.05, 4.69) is 22.4 Å². The lowest BCUT2D eigenvalue weighted by Gasteiger charge is -2.26. The summed E-state index contributed by atoms with van der Waals surface area (Å²) in [5.74, 6) is -0.0436. The van der Waals surface area contributed by atoms with E-state index in [0.717, 1.165) is 24.8 Å². The predicted octanol–water partition coefficient (Wildman–Crippen LogP) is 3.23. The van der Waals surface area contributed by atoms with Crippen LogP contribution < -0.4 is 10.9 Å². The number of nitrogens with one attached hydrogen (secondary N) is 1. The maximum absolute atomic E-state index is 12.9. The summed E-state index contributed by atoms with van der Waals surface area (Å²) in [6.45, 7) is 0.300. The molecule has 1 N–H and O–H groups in total. The molecule has 1 aromatic carbocycles. The number of aryl methyl sites for hydroxylation is 2. The number of benzene rings is 1. The Labute approximate surface area is 167 Å². The molecule has 3 heterocycles. The second kappa shape index (κ2) is 7.20. The monoisotopic (exact) mass is 386 g/mol. The topological polar surface area (TPSA) is 68.4 Å². The average Bonchev–Trinajstić information content (AvgIpc) is 3.24. The van der Waals surface area contributed by atoms with Crippen molar-refractivity contribution in [1.29, 1.82) is 0 Å². The van der Waals surface area contributed by atoms with E-state index in [-0.39, 0.29) is 23.9 Å². The number of nitrogens with zero attached hydrogens (tertiary/aromatic N) is 3. The first kappa shape index (κ1) is 17.7. The van der Waals surface area contributed by atoms with Gasteiger partial charge in [0.05, 0.1) is 11.6 Å². The van der Waals surface area contributed by atoms with Gasteiger partial charge in [0, 0.05) is 25.4 Å². The van der Waals surface area contributed by atoms with Crippen LogP contribution in [0.4, 0.5) is 0 Å². The molecule has 29 heavy (non-hydrogen) atoms. The Morgan fingerprint density at radius 3 is 2.90 bits per heavy atom. The van der Waals surface area contributed by atoms with Crippen LogP contribution >= 0.6 is 0 Å². The average molecular weight is 386 g/mol. The van der Waals surface area contributed by atoms with E-state index in [9.17, 15) is 9.59 Å². The Bertz CT molecular complexity index is 1270. The van der Waals surface area contributed by atoms with E-state index < -0.39 is 0 Å². The highest BCUT2D eigenvalue weighted by Gasteiger charge is 2.21. The zero-order valence-electron chi connectivity index (χ0n) is 16.0. The molecule has 146 valence electrons. The highest BCUT2D eigenvalue weighted by atomic mass is 16.2.